The Kier molecular flexibility index (Phi) is 125. The van der Waals surface area contributed by atoms with Crippen molar-refractivity contribution in [2.75, 3.05) is 0 Å². The van der Waals surface area contributed by atoms with Crippen LogP contribution in [0.25, 0.3) is 0 Å². The van der Waals surface area contributed by atoms with E-state index in [0.717, 1.165) is 0 Å². The number of unbranched alkanes of at least 4 members (excludes halogenated alkanes) is 114. The van der Waals surface area contributed by atoms with E-state index in [1.54, 1.807) is 0 Å². The van der Waals surface area contributed by atoms with E-state index < -0.39 is 0 Å². The lowest BCUT2D eigenvalue weighted by Crippen LogP contribution is -1.85. The summed E-state index contributed by atoms with van der Waals surface area (Å²) in [5, 5.41) is 0. The van der Waals surface area contributed by atoms with Crippen molar-refractivity contribution in [3.8, 4) is 0 Å². The molecule has 120 heavy (non-hydrogen) atoms. The fraction of sp³-hybridized carbons (Fsp3) is 1.00. The van der Waals surface area contributed by atoms with Gasteiger partial charge in [0.1, 0.15) is 0 Å². The van der Waals surface area contributed by atoms with E-state index >= 15 is 0 Å². The molecule has 0 aliphatic heterocycles. The van der Waals surface area contributed by atoms with Crippen molar-refractivity contribution in [3.63, 3.8) is 0 Å². The molecule has 0 aliphatic carbocycles. The van der Waals surface area contributed by atoms with E-state index in [4.69, 9.17) is 0 Å². The van der Waals surface area contributed by atoms with Crippen molar-refractivity contribution in [1.29, 1.82) is 0 Å². The number of hydrogen-bond donors (Lipinski definition) is 0. The Morgan fingerprint density at radius 1 is 0.0417 bits per heavy atom. The third kappa shape index (κ3) is 124. The van der Waals surface area contributed by atoms with Crippen molar-refractivity contribution < 1.29 is 0 Å². The Morgan fingerprint density at radius 2 is 0.0667 bits per heavy atom. The minimum Gasteiger partial charge on any atom is -0.0654 e. The first-order valence-corrected chi connectivity index (χ1v) is 59.8. The first kappa shape index (κ1) is 122. The minimum absolute atomic E-state index is 1.37. The Bertz CT molecular complexity index is 1360. The maximum atomic E-state index is 2.31. The van der Waals surface area contributed by atoms with Crippen LogP contribution >= 0.6 is 0 Å². The van der Waals surface area contributed by atoms with Gasteiger partial charge in [-0.05, 0) is 0 Å². The minimum atomic E-state index is 1.37. The number of rotatable bonds is 114. The van der Waals surface area contributed by atoms with E-state index in [-0.39, 0.29) is 0 Å². The van der Waals surface area contributed by atoms with Gasteiger partial charge in [-0.2, -0.15) is 0 Å². The first-order valence-electron chi connectivity index (χ1n) is 59.8. The molecule has 0 aliphatic rings. The van der Waals surface area contributed by atoms with Crippen LogP contribution in [0.4, 0.5) is 0 Å². The van der Waals surface area contributed by atoms with Gasteiger partial charge in [-0.15, -0.1) is 0 Å². The van der Waals surface area contributed by atoms with Gasteiger partial charge in [0.05, 0.1) is 0 Å². The molecule has 0 aromatic carbocycles. The summed E-state index contributed by atoms with van der Waals surface area (Å²) in [6, 6.07) is 0. The molecule has 0 fully saturated rings. The highest BCUT2D eigenvalue weighted by Crippen LogP contribution is 2.25. The molecular weight excluding hydrogens is 1440 g/mol. The summed E-state index contributed by atoms with van der Waals surface area (Å²) >= 11 is 0. The molecule has 724 valence electrons. The Hall–Kier alpha value is 0. The highest BCUT2D eigenvalue weighted by atomic mass is 14.1. The molecule has 0 N–H and O–H groups in total. The lowest BCUT2D eigenvalue weighted by Gasteiger charge is -2.05. The summed E-state index contributed by atoms with van der Waals surface area (Å²) in [5.74, 6) is 0. The molecule has 0 aromatic heterocycles. The van der Waals surface area contributed by atoms with Crippen molar-refractivity contribution in [1.82, 2.24) is 0 Å². The van der Waals surface area contributed by atoms with E-state index in [2.05, 4.69) is 27.7 Å². The van der Waals surface area contributed by atoms with E-state index in [1.165, 1.54) is 745 Å². The van der Waals surface area contributed by atoms with Crippen LogP contribution in [-0.2, 0) is 0 Å². The first-order chi connectivity index (χ1) is 59.8. The molecule has 0 heteroatoms. The van der Waals surface area contributed by atoms with Crippen LogP contribution in [0.1, 0.15) is 773 Å². The van der Waals surface area contributed by atoms with Gasteiger partial charge in [-0.25, -0.2) is 0 Å². The van der Waals surface area contributed by atoms with Crippen LogP contribution in [0.3, 0.4) is 0 Å². The van der Waals surface area contributed by atoms with Crippen LogP contribution in [0, 0.1) is 0 Å². The maximum Gasteiger partial charge on any atom is -0.0533 e. The lowest BCUT2D eigenvalue weighted by molar-refractivity contribution is 0.507. The maximum absolute atomic E-state index is 2.31. The summed E-state index contributed by atoms with van der Waals surface area (Å²) in [5.41, 5.74) is 0. The van der Waals surface area contributed by atoms with Gasteiger partial charge >= 0.3 is 0 Å². The molecule has 0 atom stereocenters. The van der Waals surface area contributed by atoms with Crippen LogP contribution in [0.2, 0.25) is 0 Å². The van der Waals surface area contributed by atoms with E-state index in [1.807, 2.05) is 0 Å². The average Bonchev–Trinajstić information content (AvgIpc) is 1.49. The van der Waals surface area contributed by atoms with Gasteiger partial charge in [0, 0.05) is 0 Å². The molecule has 0 heterocycles. The van der Waals surface area contributed by atoms with E-state index in [9.17, 15) is 0 Å². The quantitative estimate of drug-likeness (QED) is 0.0533. The topological polar surface area (TPSA) is 0 Å². The zero-order valence-corrected chi connectivity index (χ0v) is 86.0. The fourth-order valence-electron chi connectivity index (χ4n) is 20.1. The van der Waals surface area contributed by atoms with Crippen LogP contribution < -0.4 is 0 Å². The second-order valence-corrected chi connectivity index (χ2v) is 41.6. The molecule has 0 spiro atoms. The summed E-state index contributed by atoms with van der Waals surface area (Å²) < 4.78 is 0. The van der Waals surface area contributed by atoms with Crippen molar-refractivity contribution >= 4 is 0 Å². The smallest absolute Gasteiger partial charge is 0.0533 e. The van der Waals surface area contributed by atoms with E-state index in [0.29, 0.717) is 0 Å². The zero-order valence-electron chi connectivity index (χ0n) is 86.0. The Morgan fingerprint density at radius 3 is 0.0917 bits per heavy atom. The molecule has 0 amide bonds. The largest absolute Gasteiger partial charge is 0.0654 e. The number of hydrogen-bond acceptors (Lipinski definition) is 0. The summed E-state index contributed by atoms with van der Waals surface area (Å²) in [7, 11) is 0. The lowest BCUT2D eigenvalue weighted by atomic mass is 10.0. The van der Waals surface area contributed by atoms with Crippen molar-refractivity contribution in [2.45, 2.75) is 773 Å². The van der Waals surface area contributed by atoms with Crippen LogP contribution in [0.15, 0.2) is 0 Å². The predicted octanol–water partition coefficient (Wildman–Crippen LogP) is 47.3. The SMILES string of the molecule is CCCCCCCCCCCCCCCCCCCCCCCCCCCCCCCCCCCCCCCCCCCCCCCCCCCCCCCCCCCC.CCCCCCCCCCCCCCCCCCCCCCCCCCCCCCCCCCCCCCCCCCCCCCCCCCCCCCCCCCCC. The molecule has 0 saturated carbocycles. The third-order valence-corrected chi connectivity index (χ3v) is 28.9. The molecule has 0 radical (unpaired) electrons. The molecule has 0 aromatic rings. The molecule has 0 unspecified atom stereocenters. The zero-order chi connectivity index (χ0) is 86.0. The van der Waals surface area contributed by atoms with Gasteiger partial charge in [0.15, 0.2) is 0 Å². The second kappa shape index (κ2) is 123. The van der Waals surface area contributed by atoms with Crippen molar-refractivity contribution in [2.24, 2.45) is 0 Å². The van der Waals surface area contributed by atoms with Gasteiger partial charge in [-0.3, -0.25) is 0 Å². The highest BCUT2D eigenvalue weighted by Gasteiger charge is 2.05. The molecule has 0 saturated heterocycles. The van der Waals surface area contributed by atoms with Gasteiger partial charge in [0.2, 0.25) is 0 Å². The molecular formula is C120H244. The van der Waals surface area contributed by atoms with Crippen molar-refractivity contribution in [3.05, 3.63) is 0 Å². The second-order valence-electron chi connectivity index (χ2n) is 41.6. The molecule has 0 rings (SSSR count). The van der Waals surface area contributed by atoms with Crippen LogP contribution in [0.5, 0.6) is 0 Å². The van der Waals surface area contributed by atoms with Gasteiger partial charge in [0.25, 0.3) is 0 Å². The normalized spacial score (nSPS) is 11.7. The standard InChI is InChI=1S/2C60H122/c2*1-3-5-7-9-11-13-15-17-19-21-23-25-27-29-31-33-35-37-39-41-43-45-47-49-51-53-55-57-59-60-58-56-54-52-50-48-46-44-42-40-38-36-34-32-30-28-26-24-22-20-18-16-14-12-10-8-6-4-2/h2*3-60H2,1-2H3. The summed E-state index contributed by atoms with van der Waals surface area (Å²) in [4.78, 5) is 0. The van der Waals surface area contributed by atoms with Gasteiger partial charge < -0.3 is 0 Å². The summed E-state index contributed by atoms with van der Waals surface area (Å²) in [6.07, 6.45) is 173. The summed E-state index contributed by atoms with van der Waals surface area (Å²) in [6.45, 7) is 9.26. The molecule has 0 bridgehead atoms. The fourth-order valence-corrected chi connectivity index (χ4v) is 20.1. The third-order valence-electron chi connectivity index (χ3n) is 28.9. The molecule has 0 nitrogen and oxygen atoms in total. The van der Waals surface area contributed by atoms with Gasteiger partial charge in [-0.1, -0.05) is 773 Å². The highest BCUT2D eigenvalue weighted by molar-refractivity contribution is 4.61. The monoisotopic (exact) mass is 1690 g/mol. The van der Waals surface area contributed by atoms with Crippen LogP contribution in [-0.4, -0.2) is 0 Å². The Balaban J connectivity index is 0. The average molecular weight is 1690 g/mol. The predicted molar refractivity (Wildman–Crippen MR) is 558 cm³/mol. The Labute approximate surface area is 767 Å².